The van der Waals surface area contributed by atoms with Crippen molar-refractivity contribution < 1.29 is 24.5 Å². The minimum atomic E-state index is -0.521. The van der Waals surface area contributed by atoms with Gasteiger partial charge in [0.2, 0.25) is 0 Å². The van der Waals surface area contributed by atoms with Crippen LogP contribution >= 0.6 is 11.6 Å². The second kappa shape index (κ2) is 21.6. The molecule has 9 nitrogen and oxygen atoms in total. The molecule has 0 spiro atoms. The molecule has 1 aliphatic rings. The smallest absolute Gasteiger partial charge is 0.278 e. The number of carbonyl (C=O) groups is 2. The molecule has 5 aromatic rings. The molecule has 0 atom stereocenters. The van der Waals surface area contributed by atoms with Crippen molar-refractivity contribution in [1.82, 2.24) is 9.38 Å². The summed E-state index contributed by atoms with van der Waals surface area (Å²) in [5.74, 6) is 0.221. The van der Waals surface area contributed by atoms with Gasteiger partial charge in [-0.1, -0.05) is 65.0 Å². The molecule has 0 bridgehead atoms. The lowest BCUT2D eigenvalue weighted by Gasteiger charge is -2.25. The number of nitrogens with one attached hydrogen (secondary N) is 1. The van der Waals surface area contributed by atoms with Gasteiger partial charge < -0.3 is 29.6 Å². The van der Waals surface area contributed by atoms with E-state index in [0.29, 0.717) is 47.7 Å². The van der Waals surface area contributed by atoms with Gasteiger partial charge in [-0.15, -0.1) is 11.6 Å². The molecule has 1 aliphatic heterocycles. The Morgan fingerprint density at radius 1 is 1.02 bits per heavy atom. The van der Waals surface area contributed by atoms with Crippen molar-refractivity contribution in [3.8, 4) is 11.5 Å². The molecule has 286 valence electrons. The van der Waals surface area contributed by atoms with E-state index in [-0.39, 0.29) is 29.9 Å². The fourth-order valence-electron chi connectivity index (χ4n) is 5.81. The Labute approximate surface area is 320 Å². The van der Waals surface area contributed by atoms with E-state index in [9.17, 15) is 19.8 Å². The van der Waals surface area contributed by atoms with Gasteiger partial charge in [0.25, 0.3) is 11.8 Å². The van der Waals surface area contributed by atoms with E-state index < -0.39 is 5.60 Å². The van der Waals surface area contributed by atoms with E-state index in [1.807, 2.05) is 73.6 Å². The number of imidazole rings is 1. The molecule has 0 unspecified atom stereocenters. The number of carbonyl (C=O) groups excluding carboxylic acids is 2. The Hall–Kier alpha value is -4.86. The number of phenolic OH excluding ortho intramolecular Hbond substituents is 1. The van der Waals surface area contributed by atoms with Gasteiger partial charge in [-0.3, -0.25) is 9.59 Å². The Morgan fingerprint density at radius 3 is 2.30 bits per heavy atom. The highest BCUT2D eigenvalue weighted by Crippen LogP contribution is 2.41. The van der Waals surface area contributed by atoms with Crippen molar-refractivity contribution in [1.29, 1.82) is 0 Å². The van der Waals surface area contributed by atoms with Crippen molar-refractivity contribution in [3.05, 3.63) is 108 Å². The third kappa shape index (κ3) is 11.3. The van der Waals surface area contributed by atoms with E-state index >= 15 is 0 Å². The number of benzene rings is 3. The number of anilines is 2. The van der Waals surface area contributed by atoms with Gasteiger partial charge >= 0.3 is 0 Å². The number of fused-ring (bicyclic) bond motifs is 4. The zero-order valence-electron chi connectivity index (χ0n) is 33.0. The largest absolute Gasteiger partial charge is 0.507 e. The number of ether oxygens (including phenoxy) is 1. The molecular weight excluding hydrogens is 688 g/mol. The predicted molar refractivity (Wildman–Crippen MR) is 221 cm³/mol. The molecule has 2 amide bonds. The summed E-state index contributed by atoms with van der Waals surface area (Å²) in [5.41, 5.74) is 4.15. The monoisotopic (exact) mass is 744 g/mol. The normalized spacial score (nSPS) is 11.6. The highest BCUT2D eigenvalue weighted by molar-refractivity contribution is 6.15. The predicted octanol–water partition coefficient (Wildman–Crippen LogP) is 10.4. The van der Waals surface area contributed by atoms with Crippen LogP contribution in [0.5, 0.6) is 11.5 Å². The number of aliphatic hydroxyl groups excluding tert-OH is 1. The second-order valence-electron chi connectivity index (χ2n) is 12.2. The molecule has 0 radical (unpaired) electrons. The summed E-state index contributed by atoms with van der Waals surface area (Å²) < 4.78 is 7.62. The Morgan fingerprint density at radius 2 is 1.70 bits per heavy atom. The van der Waals surface area contributed by atoms with Gasteiger partial charge in [-0.25, -0.2) is 4.98 Å². The zero-order chi connectivity index (χ0) is 39.7. The number of rotatable bonds is 8. The van der Waals surface area contributed by atoms with Crippen molar-refractivity contribution in [2.45, 2.75) is 87.2 Å². The van der Waals surface area contributed by atoms with E-state index in [4.69, 9.17) is 4.74 Å². The average molecular weight is 745 g/mol. The number of aromatic nitrogens is 2. The fraction of sp³-hybridized carbons (Fsp3) is 0.372. The van der Waals surface area contributed by atoms with Gasteiger partial charge in [-0.2, -0.15) is 0 Å². The molecule has 0 saturated carbocycles. The number of halogens is 1. The highest BCUT2D eigenvalue weighted by atomic mass is 35.5. The molecule has 3 N–H and O–H groups in total. The highest BCUT2D eigenvalue weighted by Gasteiger charge is 2.30. The molecule has 0 fully saturated rings. The SMILES string of the molecule is C/C=C\CC.CC.CC.CCl.Cc1cccc2c(O)cc3c(c12)CCN3C(=O)c1cn2cc(NC(=O)c3ccc(OC(C)(C)CCO)cc3)ccc2n1. The minimum absolute atomic E-state index is 0.0261. The summed E-state index contributed by atoms with van der Waals surface area (Å²) in [6.07, 6.45) is 11.4. The van der Waals surface area contributed by atoms with Crippen LogP contribution in [0.25, 0.3) is 16.4 Å². The molecule has 6 rings (SSSR count). The summed E-state index contributed by atoms with van der Waals surface area (Å²) in [4.78, 5) is 32.7. The van der Waals surface area contributed by atoms with Crippen LogP contribution in [0.4, 0.5) is 11.4 Å². The van der Waals surface area contributed by atoms with Crippen LogP contribution < -0.4 is 15.0 Å². The van der Waals surface area contributed by atoms with E-state index in [2.05, 4.69) is 41.0 Å². The minimum Gasteiger partial charge on any atom is -0.507 e. The lowest BCUT2D eigenvalue weighted by molar-refractivity contribution is 0.0765. The van der Waals surface area contributed by atoms with E-state index in [1.165, 1.54) is 6.38 Å². The summed E-state index contributed by atoms with van der Waals surface area (Å²) >= 11 is 4.64. The number of phenols is 1. The molecule has 10 heteroatoms. The summed E-state index contributed by atoms with van der Waals surface area (Å²) in [6.45, 7) is 18.5. The number of amides is 2. The van der Waals surface area contributed by atoms with E-state index in [1.54, 1.807) is 64.2 Å². The first-order valence-electron chi connectivity index (χ1n) is 18.3. The maximum absolute atomic E-state index is 13.6. The Bertz CT molecular complexity index is 1950. The van der Waals surface area contributed by atoms with Crippen molar-refractivity contribution in [3.63, 3.8) is 0 Å². The van der Waals surface area contributed by atoms with Crippen molar-refractivity contribution in [2.24, 2.45) is 0 Å². The Balaban J connectivity index is 0.000000795. The first-order chi connectivity index (χ1) is 25.5. The van der Waals surface area contributed by atoms with Gasteiger partial charge in [-0.05, 0) is 93.4 Å². The summed E-state index contributed by atoms with van der Waals surface area (Å²) in [7, 11) is 0. The third-order valence-corrected chi connectivity index (χ3v) is 8.18. The standard InChI is InChI=1S/C33H32N4O5.C5H10.2C2H6.CH3Cl/c1-20-5-4-6-25-28(39)17-27-24(30(20)25)13-15-37(27)32(41)26-19-36-18-22(9-12-29(36)35-26)34-31(40)21-7-10-23(11-8-21)42-33(2,3)14-16-38;1-3-5-4-2;3*1-2/h4-12,17-19,38-39H,13-16H2,1-3H3,(H,34,40);3,5H,4H2,1-2H3;2*1-2H3;1H3/b;5-3-;;;. The molecular formula is C43H57ClN4O5. The molecule has 53 heavy (non-hydrogen) atoms. The number of aliphatic hydroxyl groups is 1. The number of alkyl halides is 1. The van der Waals surface area contributed by atoms with Gasteiger partial charge in [0.15, 0.2) is 0 Å². The average Bonchev–Trinajstić information content (AvgIpc) is 3.79. The van der Waals surface area contributed by atoms with E-state index in [0.717, 1.165) is 28.3 Å². The number of aromatic hydroxyl groups is 1. The quantitative estimate of drug-likeness (QED) is 0.108. The van der Waals surface area contributed by atoms with Crippen LogP contribution in [0.3, 0.4) is 0 Å². The van der Waals surface area contributed by atoms with Crippen LogP contribution in [-0.4, -0.2) is 56.5 Å². The second-order valence-corrected chi connectivity index (χ2v) is 12.2. The molecule has 3 heterocycles. The van der Waals surface area contributed by atoms with Crippen LogP contribution in [0.2, 0.25) is 0 Å². The summed E-state index contributed by atoms with van der Waals surface area (Å²) in [5, 5.41) is 24.6. The van der Waals surface area contributed by atoms with Crippen LogP contribution in [-0.2, 0) is 6.42 Å². The van der Waals surface area contributed by atoms with Crippen LogP contribution in [0, 0.1) is 6.92 Å². The maximum atomic E-state index is 13.6. The van der Waals surface area contributed by atoms with Crippen molar-refractivity contribution >= 4 is 51.2 Å². The number of pyridine rings is 1. The Kier molecular flexibility index (Phi) is 18.1. The number of nitrogens with zero attached hydrogens (tertiary/aromatic N) is 3. The lowest BCUT2D eigenvalue weighted by atomic mass is 9.97. The van der Waals surface area contributed by atoms with Crippen molar-refractivity contribution in [2.75, 3.05) is 29.8 Å². The molecule has 2 aromatic heterocycles. The van der Waals surface area contributed by atoms with Gasteiger partial charge in [0.1, 0.15) is 28.4 Å². The first kappa shape index (κ1) is 44.3. The fourth-order valence-corrected chi connectivity index (χ4v) is 5.81. The number of allylic oxidation sites excluding steroid dienone is 2. The van der Waals surface area contributed by atoms with Crippen LogP contribution in [0.15, 0.2) is 85.2 Å². The van der Waals surface area contributed by atoms with Crippen LogP contribution in [0.1, 0.15) is 100 Å². The third-order valence-electron chi connectivity index (χ3n) is 8.18. The van der Waals surface area contributed by atoms with Gasteiger partial charge in [0, 0.05) is 55.4 Å². The lowest BCUT2D eigenvalue weighted by Crippen LogP contribution is -2.29. The number of aryl methyl sites for hydroxylation is 1. The first-order valence-corrected chi connectivity index (χ1v) is 19.1. The molecule has 0 aliphatic carbocycles. The molecule has 0 saturated heterocycles. The topological polar surface area (TPSA) is 116 Å². The molecule has 3 aromatic carbocycles. The van der Waals surface area contributed by atoms with Gasteiger partial charge in [0.05, 0.1) is 11.4 Å². The summed E-state index contributed by atoms with van der Waals surface area (Å²) in [6, 6.07) is 17.8. The zero-order valence-corrected chi connectivity index (χ0v) is 33.7. The maximum Gasteiger partial charge on any atom is 0.278 e. The number of hydrogen-bond donors (Lipinski definition) is 3. The number of hydrogen-bond acceptors (Lipinski definition) is 6.